The normalized spacial score (nSPS) is 15.6. The van der Waals surface area contributed by atoms with Gasteiger partial charge in [0, 0.05) is 104 Å². The summed E-state index contributed by atoms with van der Waals surface area (Å²) in [4.78, 5) is 17.2. The third-order valence-electron chi connectivity index (χ3n) is 11.5. The van der Waals surface area contributed by atoms with Gasteiger partial charge in [0.05, 0.1) is 11.6 Å². The van der Waals surface area contributed by atoms with Gasteiger partial charge in [0.25, 0.3) is 0 Å². The third-order valence-corrected chi connectivity index (χ3v) is 11.5. The highest BCUT2D eigenvalue weighted by Crippen LogP contribution is 2.42. The Hall–Kier alpha value is -5.08. The molecule has 2 aliphatic heterocycles. The lowest BCUT2D eigenvalue weighted by atomic mass is 9.89. The Kier molecular flexibility index (Phi) is 8.30. The number of aromatic amines is 1. The number of likely N-dealkylation sites (N-methyl/N-ethyl adjacent to an activating group) is 2. The van der Waals surface area contributed by atoms with Crippen molar-refractivity contribution in [2.45, 2.75) is 51.8 Å². The lowest BCUT2D eigenvalue weighted by Gasteiger charge is -2.23. The van der Waals surface area contributed by atoms with Gasteiger partial charge in [0.15, 0.2) is 0 Å². The van der Waals surface area contributed by atoms with Gasteiger partial charge in [-0.2, -0.15) is 0 Å². The van der Waals surface area contributed by atoms with Crippen LogP contribution < -0.4 is 0 Å². The number of aromatic nitrogens is 4. The number of hydrogen-bond acceptors (Lipinski definition) is 5. The first-order valence-electron chi connectivity index (χ1n) is 18.6. The average Bonchev–Trinajstić information content (AvgIpc) is 3.65. The molecule has 0 aliphatic carbocycles. The zero-order valence-electron chi connectivity index (χ0n) is 30.6. The fourth-order valence-corrected chi connectivity index (χ4v) is 8.89. The predicted molar refractivity (Wildman–Crippen MR) is 210 cm³/mol. The van der Waals surface area contributed by atoms with Gasteiger partial charge in [-0.25, -0.2) is 0 Å². The van der Waals surface area contributed by atoms with Crippen LogP contribution in [0, 0.1) is 6.92 Å². The third kappa shape index (κ3) is 5.83. The quantitative estimate of drug-likeness (QED) is 0.178. The van der Waals surface area contributed by atoms with E-state index in [1.54, 1.807) is 12.4 Å². The van der Waals surface area contributed by atoms with Crippen molar-refractivity contribution in [2.75, 3.05) is 27.2 Å². The van der Waals surface area contributed by atoms with Crippen molar-refractivity contribution in [3.8, 4) is 22.3 Å². The molecule has 7 aromatic rings. The minimum atomic E-state index is -0.614. The van der Waals surface area contributed by atoms with Crippen LogP contribution in [0.5, 0.6) is 0 Å². The van der Waals surface area contributed by atoms with Crippen molar-refractivity contribution in [1.82, 2.24) is 29.3 Å². The van der Waals surface area contributed by atoms with Crippen molar-refractivity contribution in [1.29, 1.82) is 0 Å². The summed E-state index contributed by atoms with van der Waals surface area (Å²) in [5.74, 6) is 0. The van der Waals surface area contributed by atoms with Crippen LogP contribution in [0.2, 0.25) is 0 Å². The number of aryl methyl sites for hydroxylation is 2. The van der Waals surface area contributed by atoms with Crippen molar-refractivity contribution in [3.63, 3.8) is 0 Å². The molecular weight excluding hydrogens is 641 g/mol. The topological polar surface area (TPSA) is 73.2 Å². The molecule has 0 spiro atoms. The summed E-state index contributed by atoms with van der Waals surface area (Å²) >= 11 is 0. The summed E-state index contributed by atoms with van der Waals surface area (Å²) in [5, 5.41) is 14.1. The Balaban J connectivity index is 1.16. The highest BCUT2D eigenvalue weighted by atomic mass is 16.3. The van der Waals surface area contributed by atoms with Gasteiger partial charge in [-0.15, -0.1) is 0 Å². The van der Waals surface area contributed by atoms with Crippen LogP contribution in [-0.4, -0.2) is 61.6 Å². The van der Waals surface area contributed by atoms with Crippen molar-refractivity contribution in [3.05, 3.63) is 142 Å². The molecule has 1 unspecified atom stereocenters. The molecular formula is C45H46N6O. The summed E-state index contributed by atoms with van der Waals surface area (Å²) in [5.41, 5.74) is 18.9. The van der Waals surface area contributed by atoms with E-state index in [2.05, 4.69) is 112 Å². The molecule has 0 bridgehead atoms. The number of aliphatic hydroxyl groups is 1. The minimum absolute atomic E-state index is 0.532. The standard InChI is InChI=1S/C45H46N6O/c1-28-19-38(45-39(20-28)35-11-17-50(3)27-42(35)51(45)4)34-6-5-29(23-36(34)31-7-13-46-14-8-31)21-30-22-33(25-43(52)32-9-15-47-16-10-32)44-37(24-30)40-26-49(2)18-12-41(40)48-44/h5-10,13-16,19-20,22-24,43,48,52H,11-12,17-18,21,25-27H2,1-4H3. The van der Waals surface area contributed by atoms with E-state index in [0.29, 0.717) is 6.42 Å². The Bertz CT molecular complexity index is 2440. The lowest BCUT2D eigenvalue weighted by Crippen LogP contribution is -2.27. The Morgan fingerprint density at radius 2 is 1.48 bits per heavy atom. The number of fused-ring (bicyclic) bond motifs is 6. The number of nitrogens with one attached hydrogen (secondary N) is 1. The number of nitrogens with zero attached hydrogens (tertiary/aromatic N) is 5. The highest BCUT2D eigenvalue weighted by molar-refractivity contribution is 6.02. The van der Waals surface area contributed by atoms with E-state index < -0.39 is 6.10 Å². The summed E-state index contributed by atoms with van der Waals surface area (Å²) in [6.45, 7) is 6.26. The molecule has 6 heterocycles. The molecule has 2 aliphatic rings. The van der Waals surface area contributed by atoms with Crippen LogP contribution in [-0.2, 0) is 45.8 Å². The smallest absolute Gasteiger partial charge is 0.0832 e. The average molecular weight is 687 g/mol. The zero-order chi connectivity index (χ0) is 35.5. The Labute approximate surface area is 305 Å². The molecule has 9 rings (SSSR count). The second-order valence-electron chi connectivity index (χ2n) is 15.2. The van der Waals surface area contributed by atoms with Crippen molar-refractivity contribution in [2.24, 2.45) is 7.05 Å². The van der Waals surface area contributed by atoms with Crippen LogP contribution in [0.1, 0.15) is 56.4 Å². The molecule has 0 saturated heterocycles. The number of H-pyrrole nitrogens is 1. The van der Waals surface area contributed by atoms with Crippen LogP contribution in [0.4, 0.5) is 0 Å². The largest absolute Gasteiger partial charge is 0.388 e. The fraction of sp³-hybridized carbons (Fsp3) is 0.289. The van der Waals surface area contributed by atoms with Gasteiger partial charge in [-0.1, -0.05) is 24.3 Å². The maximum atomic E-state index is 11.4. The van der Waals surface area contributed by atoms with Gasteiger partial charge in [-0.05, 0) is 132 Å². The Morgan fingerprint density at radius 3 is 2.29 bits per heavy atom. The van der Waals surface area contributed by atoms with E-state index in [9.17, 15) is 5.11 Å². The molecule has 0 saturated carbocycles. The summed E-state index contributed by atoms with van der Waals surface area (Å²) in [6, 6.07) is 24.6. The number of aliphatic hydroxyl groups excluding tert-OH is 1. The summed E-state index contributed by atoms with van der Waals surface area (Å²) in [7, 11) is 6.67. The highest BCUT2D eigenvalue weighted by Gasteiger charge is 2.25. The fourth-order valence-electron chi connectivity index (χ4n) is 8.89. The van der Waals surface area contributed by atoms with Crippen LogP contribution in [0.25, 0.3) is 44.1 Å². The van der Waals surface area contributed by atoms with Crippen molar-refractivity contribution >= 4 is 21.8 Å². The molecule has 52 heavy (non-hydrogen) atoms. The van der Waals surface area contributed by atoms with E-state index in [1.165, 1.54) is 77.7 Å². The molecule has 4 aromatic heterocycles. The number of pyridine rings is 2. The molecule has 7 nitrogen and oxygen atoms in total. The molecule has 262 valence electrons. The molecule has 0 amide bonds. The first-order chi connectivity index (χ1) is 25.3. The van der Waals surface area contributed by atoms with E-state index in [0.717, 1.165) is 62.1 Å². The second kappa shape index (κ2) is 13.2. The lowest BCUT2D eigenvalue weighted by molar-refractivity contribution is 0.178. The number of rotatable bonds is 7. The molecule has 0 fully saturated rings. The second-order valence-corrected chi connectivity index (χ2v) is 15.2. The molecule has 1 atom stereocenters. The maximum Gasteiger partial charge on any atom is 0.0832 e. The van der Waals surface area contributed by atoms with Gasteiger partial charge in [-0.3, -0.25) is 9.97 Å². The molecule has 2 N–H and O–H groups in total. The molecule has 0 radical (unpaired) electrons. The SMILES string of the molecule is Cc1cc(-c2ccc(Cc3cc(CC(O)c4ccncc4)c4[nH]c5c(c4c3)CN(C)CC5)cc2-c2ccncc2)c2c(c1)c1c(n2C)CN(C)CC1. The van der Waals surface area contributed by atoms with Gasteiger partial charge < -0.3 is 24.5 Å². The van der Waals surface area contributed by atoms with Gasteiger partial charge in [0.1, 0.15) is 0 Å². The van der Waals surface area contributed by atoms with Crippen LogP contribution >= 0.6 is 0 Å². The number of benzene rings is 3. The summed E-state index contributed by atoms with van der Waals surface area (Å²) < 4.78 is 2.45. The van der Waals surface area contributed by atoms with E-state index in [1.807, 2.05) is 24.5 Å². The van der Waals surface area contributed by atoms with E-state index >= 15 is 0 Å². The van der Waals surface area contributed by atoms with Crippen LogP contribution in [0.15, 0.2) is 91.5 Å². The zero-order valence-corrected chi connectivity index (χ0v) is 30.6. The summed E-state index contributed by atoms with van der Waals surface area (Å²) in [6.07, 6.45) is 10.1. The first kappa shape index (κ1) is 32.8. The van der Waals surface area contributed by atoms with E-state index in [4.69, 9.17) is 0 Å². The van der Waals surface area contributed by atoms with Gasteiger partial charge >= 0.3 is 0 Å². The maximum absolute atomic E-state index is 11.4. The monoisotopic (exact) mass is 686 g/mol. The van der Waals surface area contributed by atoms with Crippen molar-refractivity contribution < 1.29 is 5.11 Å². The molecule has 7 heteroatoms. The van der Waals surface area contributed by atoms with Gasteiger partial charge in [0.2, 0.25) is 0 Å². The minimum Gasteiger partial charge on any atom is -0.388 e. The predicted octanol–water partition coefficient (Wildman–Crippen LogP) is 7.93. The molecule has 3 aromatic carbocycles. The van der Waals surface area contributed by atoms with E-state index in [-0.39, 0.29) is 0 Å². The number of hydrogen-bond donors (Lipinski definition) is 2. The van der Waals surface area contributed by atoms with Crippen LogP contribution in [0.3, 0.4) is 0 Å². The first-order valence-corrected chi connectivity index (χ1v) is 18.6. The Morgan fingerprint density at radius 1 is 0.731 bits per heavy atom.